The summed E-state index contributed by atoms with van der Waals surface area (Å²) in [5.74, 6) is 0.693. The number of carbonyl (C=O) groups excluding carboxylic acids is 1. The fourth-order valence-electron chi connectivity index (χ4n) is 0.360. The quantitative estimate of drug-likeness (QED) is 0.402. The van der Waals surface area contributed by atoms with Crippen molar-refractivity contribution in [2.45, 2.75) is 20.3 Å². The Morgan fingerprint density at radius 2 is 2.00 bits per heavy atom. The summed E-state index contributed by atoms with van der Waals surface area (Å²) in [5.41, 5.74) is 0. The van der Waals surface area contributed by atoms with E-state index in [4.69, 9.17) is 0 Å². The second kappa shape index (κ2) is 4.04. The first-order valence-electron chi connectivity index (χ1n) is 3.33. The van der Waals surface area contributed by atoms with E-state index in [-0.39, 0.29) is 5.91 Å². The van der Waals surface area contributed by atoms with Gasteiger partial charge in [-0.15, -0.1) is 0 Å². The van der Waals surface area contributed by atoms with E-state index < -0.39 is 0 Å². The van der Waals surface area contributed by atoms with Gasteiger partial charge in [0, 0.05) is 20.5 Å². The summed E-state index contributed by atoms with van der Waals surface area (Å²) in [7, 11) is 3.73. The zero-order valence-electron chi connectivity index (χ0n) is 7.01. The summed E-state index contributed by atoms with van der Waals surface area (Å²) in [6.07, 6.45) is 0.477. The van der Waals surface area contributed by atoms with Crippen LogP contribution in [-0.2, 0) is 4.79 Å². The highest BCUT2D eigenvalue weighted by Gasteiger charge is 1.96. The molecule has 0 saturated heterocycles. The Hall–Kier alpha value is -0.860. The van der Waals surface area contributed by atoms with E-state index in [1.54, 1.807) is 6.92 Å². The third-order valence-electron chi connectivity index (χ3n) is 1.24. The average molecular weight is 142 g/mol. The Balaban J connectivity index is 4.03. The fraction of sp³-hybridized carbons (Fsp3) is 0.714. The highest BCUT2D eigenvalue weighted by Crippen LogP contribution is 1.87. The lowest BCUT2D eigenvalue weighted by atomic mass is 10.4. The number of nitrogens with zero attached hydrogens (tertiary/aromatic N) is 2. The largest absolute Gasteiger partial charge is 0.366 e. The molecule has 0 bridgehead atoms. The predicted molar refractivity (Wildman–Crippen MR) is 42.1 cm³/mol. The molecule has 0 aromatic carbocycles. The van der Waals surface area contributed by atoms with Gasteiger partial charge in [-0.25, -0.2) is 4.99 Å². The minimum atomic E-state index is -0.0637. The zero-order valence-corrected chi connectivity index (χ0v) is 7.01. The van der Waals surface area contributed by atoms with Crippen molar-refractivity contribution in [2.75, 3.05) is 14.1 Å². The van der Waals surface area contributed by atoms with Gasteiger partial charge in [-0.1, -0.05) is 6.92 Å². The van der Waals surface area contributed by atoms with Gasteiger partial charge in [0.2, 0.25) is 5.91 Å². The van der Waals surface area contributed by atoms with Crippen LogP contribution in [0.25, 0.3) is 0 Å². The molecule has 0 aromatic rings. The first-order chi connectivity index (χ1) is 4.57. The van der Waals surface area contributed by atoms with Crippen LogP contribution in [0.15, 0.2) is 4.99 Å². The Labute approximate surface area is 61.7 Å². The van der Waals surface area contributed by atoms with Crippen LogP contribution in [-0.4, -0.2) is 30.7 Å². The van der Waals surface area contributed by atoms with Crippen LogP contribution in [0.2, 0.25) is 0 Å². The minimum absolute atomic E-state index is 0.0637. The van der Waals surface area contributed by atoms with E-state index in [1.807, 2.05) is 25.9 Å². The number of carbonyl (C=O) groups is 1. The lowest BCUT2D eigenvalue weighted by Gasteiger charge is -2.09. The monoisotopic (exact) mass is 142 g/mol. The number of aliphatic imine (C=N–C) groups is 1. The van der Waals surface area contributed by atoms with Crippen LogP contribution < -0.4 is 0 Å². The molecule has 0 rings (SSSR count). The van der Waals surface area contributed by atoms with Gasteiger partial charge in [-0.3, -0.25) is 4.79 Å². The van der Waals surface area contributed by atoms with E-state index >= 15 is 0 Å². The van der Waals surface area contributed by atoms with Crippen LogP contribution in [0.5, 0.6) is 0 Å². The molecule has 0 aliphatic carbocycles. The first kappa shape index (κ1) is 9.14. The van der Waals surface area contributed by atoms with E-state index in [1.165, 1.54) is 0 Å². The number of amides is 1. The van der Waals surface area contributed by atoms with Crippen LogP contribution in [0.1, 0.15) is 20.3 Å². The van der Waals surface area contributed by atoms with E-state index in [9.17, 15) is 4.79 Å². The molecule has 0 heterocycles. The molecule has 0 aliphatic heterocycles. The molecule has 1 amide bonds. The Bertz CT molecular complexity index is 150. The molecule has 0 aromatic heterocycles. The highest BCUT2D eigenvalue weighted by molar-refractivity contribution is 5.92. The van der Waals surface area contributed by atoms with Gasteiger partial charge >= 0.3 is 0 Å². The van der Waals surface area contributed by atoms with Gasteiger partial charge in [-0.05, 0) is 6.92 Å². The Morgan fingerprint density at radius 1 is 1.50 bits per heavy atom. The summed E-state index contributed by atoms with van der Waals surface area (Å²) in [5, 5.41) is 0. The highest BCUT2D eigenvalue weighted by atomic mass is 16.1. The SMILES string of the molecule is CCC(=O)N=C(C)N(C)C. The molecule has 0 spiro atoms. The van der Waals surface area contributed by atoms with Gasteiger partial charge in [0.05, 0.1) is 0 Å². The molecular weight excluding hydrogens is 128 g/mol. The van der Waals surface area contributed by atoms with Crippen molar-refractivity contribution in [1.29, 1.82) is 0 Å². The van der Waals surface area contributed by atoms with E-state index in [0.717, 1.165) is 5.84 Å². The second-order valence-electron chi connectivity index (χ2n) is 2.30. The van der Waals surface area contributed by atoms with Gasteiger partial charge < -0.3 is 4.90 Å². The summed E-state index contributed by atoms with van der Waals surface area (Å²) >= 11 is 0. The lowest BCUT2D eigenvalue weighted by Crippen LogP contribution is -2.19. The molecule has 0 saturated carbocycles. The predicted octanol–water partition coefficient (Wildman–Crippen LogP) is 0.903. The molecule has 0 radical (unpaired) electrons. The van der Waals surface area contributed by atoms with Crippen molar-refractivity contribution in [2.24, 2.45) is 4.99 Å². The average Bonchev–Trinajstić information content (AvgIpc) is 1.87. The van der Waals surface area contributed by atoms with E-state index in [2.05, 4.69) is 4.99 Å². The second-order valence-corrected chi connectivity index (χ2v) is 2.30. The summed E-state index contributed by atoms with van der Waals surface area (Å²) in [4.78, 5) is 16.3. The lowest BCUT2D eigenvalue weighted by molar-refractivity contribution is -0.117. The van der Waals surface area contributed by atoms with Crippen LogP contribution >= 0.6 is 0 Å². The smallest absolute Gasteiger partial charge is 0.247 e. The van der Waals surface area contributed by atoms with Gasteiger partial charge in [0.15, 0.2) is 0 Å². The van der Waals surface area contributed by atoms with Crippen molar-refractivity contribution in [3.63, 3.8) is 0 Å². The summed E-state index contributed by atoms with van der Waals surface area (Å²) in [6.45, 7) is 3.61. The zero-order chi connectivity index (χ0) is 8.15. The van der Waals surface area contributed by atoms with Crippen LogP contribution in [0.3, 0.4) is 0 Å². The molecule has 3 nitrogen and oxygen atoms in total. The van der Waals surface area contributed by atoms with Gasteiger partial charge in [0.25, 0.3) is 0 Å². The van der Waals surface area contributed by atoms with Crippen molar-refractivity contribution in [1.82, 2.24) is 4.90 Å². The third kappa shape index (κ3) is 3.22. The molecule has 0 N–H and O–H groups in total. The molecule has 0 unspecified atom stereocenters. The van der Waals surface area contributed by atoms with Crippen molar-refractivity contribution in [3.8, 4) is 0 Å². The maximum atomic E-state index is 10.7. The van der Waals surface area contributed by atoms with Gasteiger partial charge in [-0.2, -0.15) is 0 Å². The number of amidine groups is 1. The molecule has 0 atom stereocenters. The summed E-state index contributed by atoms with van der Waals surface area (Å²) in [6, 6.07) is 0. The summed E-state index contributed by atoms with van der Waals surface area (Å²) < 4.78 is 0. The maximum Gasteiger partial charge on any atom is 0.247 e. The normalized spacial score (nSPS) is 11.4. The molecule has 0 fully saturated rings. The topological polar surface area (TPSA) is 32.7 Å². The number of rotatable bonds is 1. The standard InChI is InChI=1S/C7H14N2O/c1-5-7(10)8-6(2)9(3)4/h5H2,1-4H3. The molecule has 3 heteroatoms. The Kier molecular flexibility index (Phi) is 3.69. The van der Waals surface area contributed by atoms with Crippen molar-refractivity contribution in [3.05, 3.63) is 0 Å². The van der Waals surface area contributed by atoms with E-state index in [0.29, 0.717) is 6.42 Å². The van der Waals surface area contributed by atoms with Crippen molar-refractivity contribution < 1.29 is 4.79 Å². The number of hydrogen-bond acceptors (Lipinski definition) is 1. The Morgan fingerprint density at radius 3 is 2.30 bits per heavy atom. The third-order valence-corrected chi connectivity index (χ3v) is 1.24. The molecule has 0 aliphatic rings. The minimum Gasteiger partial charge on any atom is -0.366 e. The molecular formula is C7H14N2O. The molecule has 58 valence electrons. The van der Waals surface area contributed by atoms with Crippen molar-refractivity contribution >= 4 is 11.7 Å². The van der Waals surface area contributed by atoms with Crippen LogP contribution in [0, 0.1) is 0 Å². The fourth-order valence-corrected chi connectivity index (χ4v) is 0.360. The van der Waals surface area contributed by atoms with Crippen LogP contribution in [0.4, 0.5) is 0 Å². The first-order valence-corrected chi connectivity index (χ1v) is 3.33. The maximum absolute atomic E-state index is 10.7. The van der Waals surface area contributed by atoms with Gasteiger partial charge in [0.1, 0.15) is 5.84 Å². The molecule has 10 heavy (non-hydrogen) atoms. The number of hydrogen-bond donors (Lipinski definition) is 0.